The van der Waals surface area contributed by atoms with Crippen molar-refractivity contribution in [1.82, 2.24) is 5.32 Å². The Labute approximate surface area is 141 Å². The second-order valence-corrected chi connectivity index (χ2v) is 7.24. The summed E-state index contributed by atoms with van der Waals surface area (Å²) in [4.78, 5) is 12.1. The van der Waals surface area contributed by atoms with Crippen LogP contribution in [-0.2, 0) is 10.0 Å². The number of amides is 1. The Balaban J connectivity index is 2.11. The number of hydrogen-bond donors (Lipinski definition) is 3. The molecule has 1 amide bonds. The van der Waals surface area contributed by atoms with Gasteiger partial charge in [0, 0.05) is 17.3 Å². The topological polar surface area (TPSA) is 95.5 Å². The van der Waals surface area contributed by atoms with Gasteiger partial charge in [0.15, 0.2) is 0 Å². The maximum atomic E-state index is 12.3. The number of aryl methyl sites for hydroxylation is 1. The lowest BCUT2D eigenvalue weighted by Gasteiger charge is -2.12. The first-order valence-electron chi connectivity index (χ1n) is 7.43. The van der Waals surface area contributed by atoms with E-state index in [0.29, 0.717) is 11.3 Å². The minimum Gasteiger partial charge on any atom is -0.394 e. The van der Waals surface area contributed by atoms with E-state index in [1.54, 1.807) is 19.1 Å². The third kappa shape index (κ3) is 4.56. The van der Waals surface area contributed by atoms with Crippen LogP contribution in [0.2, 0.25) is 0 Å². The maximum absolute atomic E-state index is 12.3. The summed E-state index contributed by atoms with van der Waals surface area (Å²) in [6.07, 6.45) is 0. The van der Waals surface area contributed by atoms with Crippen LogP contribution < -0.4 is 10.0 Å². The van der Waals surface area contributed by atoms with E-state index in [1.807, 2.05) is 6.92 Å². The van der Waals surface area contributed by atoms with Gasteiger partial charge < -0.3 is 10.4 Å². The number of anilines is 1. The Kier molecular flexibility index (Phi) is 5.58. The van der Waals surface area contributed by atoms with Gasteiger partial charge in [0.2, 0.25) is 0 Å². The molecule has 0 aliphatic carbocycles. The SMILES string of the molecule is Cc1ccc(S(=O)(=O)Nc2ccc(C(=O)N[C@@H](C)CO)cc2)cc1. The van der Waals surface area contributed by atoms with E-state index >= 15 is 0 Å². The van der Waals surface area contributed by atoms with E-state index in [0.717, 1.165) is 5.56 Å². The second kappa shape index (κ2) is 7.46. The number of carbonyl (C=O) groups excluding carboxylic acids is 1. The molecule has 2 aromatic rings. The Morgan fingerprint density at radius 1 is 1.08 bits per heavy atom. The Bertz CT molecular complexity index is 799. The molecule has 0 heterocycles. The molecular formula is C17H20N2O4S. The van der Waals surface area contributed by atoms with Gasteiger partial charge in [-0.25, -0.2) is 8.42 Å². The molecule has 0 bridgehead atoms. The molecule has 0 aliphatic heterocycles. The van der Waals surface area contributed by atoms with Crippen molar-refractivity contribution in [2.45, 2.75) is 24.8 Å². The fraction of sp³-hybridized carbons (Fsp3) is 0.235. The van der Waals surface area contributed by atoms with Gasteiger partial charge in [-0.3, -0.25) is 9.52 Å². The van der Waals surface area contributed by atoms with Crippen LogP contribution >= 0.6 is 0 Å². The highest BCUT2D eigenvalue weighted by Gasteiger charge is 2.14. The van der Waals surface area contributed by atoms with Gasteiger partial charge in [0.1, 0.15) is 0 Å². The van der Waals surface area contributed by atoms with E-state index in [-0.39, 0.29) is 23.5 Å². The Morgan fingerprint density at radius 3 is 2.21 bits per heavy atom. The Hall–Kier alpha value is -2.38. The highest BCUT2D eigenvalue weighted by Crippen LogP contribution is 2.17. The normalized spacial score (nSPS) is 12.5. The van der Waals surface area contributed by atoms with E-state index in [4.69, 9.17) is 5.11 Å². The summed E-state index contributed by atoms with van der Waals surface area (Å²) in [5, 5.41) is 11.6. The number of benzene rings is 2. The number of aliphatic hydroxyl groups is 1. The molecule has 0 saturated carbocycles. The second-order valence-electron chi connectivity index (χ2n) is 5.55. The fourth-order valence-electron chi connectivity index (χ4n) is 1.97. The first-order valence-corrected chi connectivity index (χ1v) is 8.91. The molecule has 1 atom stereocenters. The first kappa shape index (κ1) is 18.0. The van der Waals surface area contributed by atoms with E-state index in [2.05, 4.69) is 10.0 Å². The molecule has 0 spiro atoms. The highest BCUT2D eigenvalue weighted by atomic mass is 32.2. The van der Waals surface area contributed by atoms with Gasteiger partial charge in [0.25, 0.3) is 15.9 Å². The quantitative estimate of drug-likeness (QED) is 0.743. The van der Waals surface area contributed by atoms with Crippen LogP contribution in [0.15, 0.2) is 53.4 Å². The third-order valence-corrected chi connectivity index (χ3v) is 4.78. The summed E-state index contributed by atoms with van der Waals surface area (Å²) < 4.78 is 27.1. The number of nitrogens with one attached hydrogen (secondary N) is 2. The van der Waals surface area contributed by atoms with Crippen LogP contribution in [0.4, 0.5) is 5.69 Å². The predicted octanol–water partition coefficient (Wildman–Crippen LogP) is 1.91. The number of sulfonamides is 1. The average molecular weight is 348 g/mol. The van der Waals surface area contributed by atoms with Crippen molar-refractivity contribution in [3.8, 4) is 0 Å². The molecule has 2 rings (SSSR count). The highest BCUT2D eigenvalue weighted by molar-refractivity contribution is 7.92. The monoisotopic (exact) mass is 348 g/mol. The van der Waals surface area contributed by atoms with Gasteiger partial charge >= 0.3 is 0 Å². The van der Waals surface area contributed by atoms with Crippen LogP contribution in [0.5, 0.6) is 0 Å². The van der Waals surface area contributed by atoms with Crippen LogP contribution in [0.25, 0.3) is 0 Å². The van der Waals surface area contributed by atoms with Crippen molar-refractivity contribution >= 4 is 21.6 Å². The molecule has 0 saturated heterocycles. The molecule has 128 valence electrons. The number of rotatable bonds is 6. The molecular weight excluding hydrogens is 328 g/mol. The standard InChI is InChI=1S/C17H20N2O4S/c1-12-3-9-16(10-4-12)24(22,23)19-15-7-5-14(6-8-15)17(21)18-13(2)11-20/h3-10,13,19-20H,11H2,1-2H3,(H,18,21)/t13-/m0/s1. The minimum absolute atomic E-state index is 0.153. The Morgan fingerprint density at radius 2 is 1.67 bits per heavy atom. The molecule has 0 aliphatic rings. The number of carbonyl (C=O) groups is 1. The lowest BCUT2D eigenvalue weighted by atomic mass is 10.2. The molecule has 2 aromatic carbocycles. The van der Waals surface area contributed by atoms with Gasteiger partial charge in [-0.05, 0) is 50.2 Å². The lowest BCUT2D eigenvalue weighted by molar-refractivity contribution is 0.0922. The molecule has 6 nitrogen and oxygen atoms in total. The van der Waals surface area contributed by atoms with Crippen molar-refractivity contribution in [3.63, 3.8) is 0 Å². The minimum atomic E-state index is -3.67. The van der Waals surface area contributed by atoms with Crippen molar-refractivity contribution in [1.29, 1.82) is 0 Å². The third-order valence-electron chi connectivity index (χ3n) is 3.38. The molecule has 0 radical (unpaired) electrons. The fourth-order valence-corrected chi connectivity index (χ4v) is 3.03. The van der Waals surface area contributed by atoms with Crippen molar-refractivity contribution in [2.24, 2.45) is 0 Å². The van der Waals surface area contributed by atoms with Crippen LogP contribution in [0, 0.1) is 6.92 Å². The van der Waals surface area contributed by atoms with Crippen LogP contribution in [0.1, 0.15) is 22.8 Å². The van der Waals surface area contributed by atoms with Gasteiger partial charge in [-0.2, -0.15) is 0 Å². The number of hydrogen-bond acceptors (Lipinski definition) is 4. The molecule has 7 heteroatoms. The van der Waals surface area contributed by atoms with Gasteiger partial charge in [-0.15, -0.1) is 0 Å². The van der Waals surface area contributed by atoms with E-state index in [9.17, 15) is 13.2 Å². The summed E-state index contributed by atoms with van der Waals surface area (Å²) in [6, 6.07) is 12.3. The average Bonchev–Trinajstić information content (AvgIpc) is 2.55. The summed E-state index contributed by atoms with van der Waals surface area (Å²) in [5.41, 5.74) is 1.72. The molecule has 0 aromatic heterocycles. The van der Waals surface area contributed by atoms with Gasteiger partial charge in [-0.1, -0.05) is 17.7 Å². The van der Waals surface area contributed by atoms with E-state index < -0.39 is 10.0 Å². The summed E-state index contributed by atoms with van der Waals surface area (Å²) in [5.74, 6) is -0.329. The smallest absolute Gasteiger partial charge is 0.261 e. The van der Waals surface area contributed by atoms with Crippen molar-refractivity contribution in [2.75, 3.05) is 11.3 Å². The summed E-state index contributed by atoms with van der Waals surface area (Å²) in [7, 11) is -3.67. The predicted molar refractivity (Wildman–Crippen MR) is 92.4 cm³/mol. The zero-order valence-electron chi connectivity index (χ0n) is 13.5. The first-order chi connectivity index (χ1) is 11.3. The summed E-state index contributed by atoms with van der Waals surface area (Å²) >= 11 is 0. The molecule has 0 fully saturated rings. The zero-order chi connectivity index (χ0) is 17.7. The summed E-state index contributed by atoms with van der Waals surface area (Å²) in [6.45, 7) is 3.41. The van der Waals surface area contributed by atoms with E-state index in [1.165, 1.54) is 36.4 Å². The van der Waals surface area contributed by atoms with Crippen LogP contribution in [0.3, 0.4) is 0 Å². The molecule has 3 N–H and O–H groups in total. The molecule has 0 unspecified atom stereocenters. The van der Waals surface area contributed by atoms with Crippen molar-refractivity contribution < 1.29 is 18.3 Å². The molecule has 24 heavy (non-hydrogen) atoms. The van der Waals surface area contributed by atoms with Crippen molar-refractivity contribution in [3.05, 3.63) is 59.7 Å². The maximum Gasteiger partial charge on any atom is 0.261 e. The number of aliphatic hydroxyl groups excluding tert-OH is 1. The largest absolute Gasteiger partial charge is 0.394 e. The van der Waals surface area contributed by atoms with Crippen LogP contribution in [-0.4, -0.2) is 32.1 Å². The zero-order valence-corrected chi connectivity index (χ0v) is 14.3. The van der Waals surface area contributed by atoms with Gasteiger partial charge in [0.05, 0.1) is 11.5 Å². The lowest BCUT2D eigenvalue weighted by Crippen LogP contribution is -2.34.